The summed E-state index contributed by atoms with van der Waals surface area (Å²) in [5, 5.41) is 40.2. The fraction of sp³-hybridized carbons (Fsp3) is 0.265. The van der Waals surface area contributed by atoms with Gasteiger partial charge in [-0.1, -0.05) is 0 Å². The number of hydrogen-bond donors (Lipinski definition) is 8. The molecule has 6 rings (SSSR count). The van der Waals surface area contributed by atoms with Crippen molar-refractivity contribution in [3.8, 4) is 11.5 Å². The van der Waals surface area contributed by atoms with Crippen LogP contribution in [0.5, 0.6) is 11.5 Å². The molecule has 36 heteroatoms. The number of rotatable bonds is 26. The van der Waals surface area contributed by atoms with Crippen LogP contribution in [0.4, 0.5) is 56.9 Å². The van der Waals surface area contributed by atoms with E-state index in [1.807, 2.05) is 26.0 Å². The second-order valence-electron chi connectivity index (χ2n) is 18.6. The van der Waals surface area contributed by atoms with Crippen LogP contribution < -0.4 is 20.1 Å². The van der Waals surface area contributed by atoms with Crippen molar-refractivity contribution in [2.45, 2.75) is 74.0 Å². The Morgan fingerprint density at radius 2 is 0.647 bits per heavy atom. The normalized spacial score (nSPS) is 12.9. The Bertz CT molecular complexity index is 4150. The minimum atomic E-state index is -5.07. The summed E-state index contributed by atoms with van der Waals surface area (Å²) in [7, 11) is -28.5. The van der Waals surface area contributed by atoms with Crippen LogP contribution in [0.2, 0.25) is 0 Å². The Kier molecular flexibility index (Phi) is 20.9. The monoisotopic (exact) mass is 1290 g/mol. The van der Waals surface area contributed by atoms with Gasteiger partial charge in [0.15, 0.2) is 0 Å². The molecule has 456 valence electrons. The van der Waals surface area contributed by atoms with Gasteiger partial charge in [-0.25, -0.2) is 0 Å². The maximum atomic E-state index is 12.1. The molecule has 85 heavy (non-hydrogen) atoms. The highest BCUT2D eigenvalue weighted by Crippen LogP contribution is 2.41. The van der Waals surface area contributed by atoms with E-state index in [0.29, 0.717) is 45.8 Å². The van der Waals surface area contributed by atoms with Gasteiger partial charge in [0, 0.05) is 23.5 Å². The van der Waals surface area contributed by atoms with Crippen LogP contribution in [0.25, 0.3) is 0 Å². The van der Waals surface area contributed by atoms with Gasteiger partial charge < -0.3 is 20.1 Å². The van der Waals surface area contributed by atoms with E-state index in [1.165, 1.54) is 24.3 Å². The average molecular weight is 1300 g/mol. The number of nitrogens with zero attached hydrogens (tertiary/aromatic N) is 8. The first-order valence-corrected chi connectivity index (χ1v) is 33.3. The van der Waals surface area contributed by atoms with Gasteiger partial charge in [0.05, 0.1) is 63.9 Å². The maximum absolute atomic E-state index is 12.1. The first kappa shape index (κ1) is 66.5. The van der Waals surface area contributed by atoms with Crippen molar-refractivity contribution in [1.29, 1.82) is 0 Å². The molecule has 6 aromatic rings. The molecule has 0 fully saturated rings. The summed E-state index contributed by atoms with van der Waals surface area (Å²) in [6, 6.07) is 17.4. The zero-order valence-electron chi connectivity index (χ0n) is 45.5. The van der Waals surface area contributed by atoms with Gasteiger partial charge in [0.2, 0.25) is 0 Å². The van der Waals surface area contributed by atoms with E-state index < -0.39 is 103 Å². The van der Waals surface area contributed by atoms with E-state index in [4.69, 9.17) is 9.47 Å². The summed E-state index contributed by atoms with van der Waals surface area (Å²) >= 11 is 0. The number of ether oxygens (including phenoxy) is 2. The van der Waals surface area contributed by atoms with Crippen LogP contribution in [-0.2, 0) is 60.7 Å². The predicted octanol–water partition coefficient (Wildman–Crippen LogP) is 11.0. The van der Waals surface area contributed by atoms with Gasteiger partial charge in [-0.3, -0.25) is 27.3 Å². The summed E-state index contributed by atoms with van der Waals surface area (Å²) in [6.07, 6.45) is -0.277. The Morgan fingerprint density at radius 1 is 0.353 bits per heavy atom. The van der Waals surface area contributed by atoms with Crippen LogP contribution in [0.15, 0.2) is 145 Å². The topological polar surface area (TPSA) is 468 Å². The highest BCUT2D eigenvalue weighted by atomic mass is 32.2. The van der Waals surface area contributed by atoms with Gasteiger partial charge in [-0.2, -0.15) is 71.0 Å². The first-order chi connectivity index (χ1) is 39.4. The number of hydrogen-bond acceptors (Lipinski definition) is 24. The zero-order chi connectivity index (χ0) is 63.0. The largest absolute Gasteiger partial charge is 0.491 e. The fourth-order valence-electron chi connectivity index (χ4n) is 7.53. The molecular formula is C49H54N10O20S6. The second-order valence-corrected chi connectivity index (χ2v) is 27.4. The quantitative estimate of drug-likeness (QED) is 0.0108. The van der Waals surface area contributed by atoms with Crippen LogP contribution in [0, 0.1) is 41.5 Å². The van der Waals surface area contributed by atoms with E-state index >= 15 is 0 Å². The molecule has 0 saturated carbocycles. The van der Waals surface area contributed by atoms with E-state index in [-0.39, 0.29) is 67.0 Å². The maximum Gasteiger partial charge on any atom is 0.296 e. The third kappa shape index (κ3) is 19.2. The molecule has 0 aliphatic carbocycles. The molecule has 8 N–H and O–H groups in total. The van der Waals surface area contributed by atoms with Crippen molar-refractivity contribution in [2.24, 2.45) is 40.9 Å². The predicted molar refractivity (Wildman–Crippen MR) is 308 cm³/mol. The van der Waals surface area contributed by atoms with Crippen molar-refractivity contribution in [1.82, 2.24) is 0 Å². The zero-order valence-corrected chi connectivity index (χ0v) is 50.4. The summed E-state index contributed by atoms with van der Waals surface area (Å²) in [5.41, 5.74) is 5.52. The van der Waals surface area contributed by atoms with Crippen LogP contribution in [-0.4, -0.2) is 109 Å². The minimum Gasteiger partial charge on any atom is -0.491 e. The van der Waals surface area contributed by atoms with E-state index in [0.717, 1.165) is 46.8 Å². The van der Waals surface area contributed by atoms with Crippen molar-refractivity contribution in [3.05, 3.63) is 118 Å². The molecular weight excluding hydrogens is 1240 g/mol. The van der Waals surface area contributed by atoms with Crippen LogP contribution in [0.1, 0.15) is 46.2 Å². The second kappa shape index (κ2) is 26.7. The SMILES string of the molecule is Cc1cc(NCNc2cc(C)c(N=Nc3cc(C)c(/N=N\c4ccc(S(=O)(=O)O)cc4S(=O)(=O)O)cc3OCCCS(=O)(=O)O)cc2C)c(C)cc1N=Nc1cc(C)c(N=Nc2ccc(S(=O)(=O)O)cc2S(=O)(=O)O)cc1OCCCS(=O)(=O)O. The molecule has 0 heterocycles. The summed E-state index contributed by atoms with van der Waals surface area (Å²) in [5.74, 6) is -1.21. The van der Waals surface area contributed by atoms with Crippen molar-refractivity contribution >= 4 is 118 Å². The van der Waals surface area contributed by atoms with Crippen LogP contribution >= 0.6 is 0 Å². The number of anilines is 2. The number of nitrogens with one attached hydrogen (secondary N) is 2. The molecule has 0 aliphatic rings. The van der Waals surface area contributed by atoms with Crippen molar-refractivity contribution < 1.29 is 87.3 Å². The van der Waals surface area contributed by atoms with Crippen molar-refractivity contribution in [3.63, 3.8) is 0 Å². The minimum absolute atomic E-state index is 0.0175. The standard InChI is InChI=1S/C49H54N10O20S6/c1-28-19-40(54-58-44-21-32(5)42(25-46(44)78-13-7-15-80(60,61)62)56-52-36-11-9-34(82(66,67)68)23-48(36)84(72,73)74)30(3)17-38(28)50-27-51-39-18-31(4)41(20-29(39)2)55-59-45-22-33(6)43(26-47(45)79-14-8-16-81(63,64)65)57-53-37-12-10-35(83(69,70)71)24-49(37)85(75,76)77/h9-12,17-26,50-51H,7-8,13-16,27H2,1-6H3,(H,60,61,62)(H,63,64,65)(H,66,67,68)(H,69,70,71)(H,72,73,74)(H,75,76,77)/b56-52-,57-53?,58-54?,59-55?. The highest BCUT2D eigenvalue weighted by Gasteiger charge is 2.23. The Balaban J connectivity index is 1.19. The molecule has 0 radical (unpaired) electrons. The lowest BCUT2D eigenvalue weighted by Crippen LogP contribution is -2.13. The molecule has 0 aromatic heterocycles. The van der Waals surface area contributed by atoms with E-state index in [9.17, 15) is 77.8 Å². The lowest BCUT2D eigenvalue weighted by atomic mass is 10.1. The van der Waals surface area contributed by atoms with Gasteiger partial charge in [-0.05, 0) is 161 Å². The summed E-state index contributed by atoms with van der Waals surface area (Å²) < 4.78 is 209. The van der Waals surface area contributed by atoms with Crippen molar-refractivity contribution in [2.75, 3.05) is 42.0 Å². The van der Waals surface area contributed by atoms with Gasteiger partial charge in [0.1, 0.15) is 44.0 Å². The molecule has 0 aliphatic heterocycles. The van der Waals surface area contributed by atoms with Crippen LogP contribution in [0.3, 0.4) is 0 Å². The number of azo groups is 4. The Hall–Kier alpha value is -7.62. The third-order valence-corrected chi connectivity index (χ3v) is 17.0. The Labute approximate surface area is 488 Å². The smallest absolute Gasteiger partial charge is 0.296 e. The van der Waals surface area contributed by atoms with E-state index in [1.54, 1.807) is 39.8 Å². The molecule has 0 saturated heterocycles. The first-order valence-electron chi connectivity index (χ1n) is 24.4. The lowest BCUT2D eigenvalue weighted by Gasteiger charge is -2.16. The third-order valence-electron chi connectivity index (χ3n) is 11.9. The average Bonchev–Trinajstić information content (AvgIpc) is 2.13. The van der Waals surface area contributed by atoms with Gasteiger partial charge >= 0.3 is 0 Å². The van der Waals surface area contributed by atoms with E-state index in [2.05, 4.69) is 51.5 Å². The number of benzene rings is 6. The lowest BCUT2D eigenvalue weighted by molar-refractivity contribution is 0.317. The Morgan fingerprint density at radius 3 is 0.965 bits per heavy atom. The summed E-state index contributed by atoms with van der Waals surface area (Å²) in [6.45, 7) is 10.2. The molecule has 30 nitrogen and oxygen atoms in total. The number of aryl methyl sites for hydroxylation is 6. The van der Waals surface area contributed by atoms with Gasteiger partial charge in [0.25, 0.3) is 60.7 Å². The fourth-order valence-corrected chi connectivity index (χ4v) is 11.0. The molecule has 0 spiro atoms. The highest BCUT2D eigenvalue weighted by molar-refractivity contribution is 7.87. The molecule has 0 bridgehead atoms. The molecule has 0 atom stereocenters. The van der Waals surface area contributed by atoms with Gasteiger partial charge in [-0.15, -0.1) is 20.5 Å². The molecule has 0 unspecified atom stereocenters. The summed E-state index contributed by atoms with van der Waals surface area (Å²) in [4.78, 5) is -3.60. The molecule has 0 amide bonds. The molecule has 6 aromatic carbocycles.